The summed E-state index contributed by atoms with van der Waals surface area (Å²) in [7, 11) is 1.42. The predicted octanol–water partition coefficient (Wildman–Crippen LogP) is 5.22. The summed E-state index contributed by atoms with van der Waals surface area (Å²) in [5.41, 5.74) is 2.61. The molecule has 34 heavy (non-hydrogen) atoms. The van der Waals surface area contributed by atoms with Crippen LogP contribution in [0.15, 0.2) is 72.3 Å². The first-order chi connectivity index (χ1) is 16.4. The maximum atomic E-state index is 12.5. The second-order valence-electron chi connectivity index (χ2n) is 7.23. The Morgan fingerprint density at radius 1 is 1.03 bits per heavy atom. The molecule has 7 nitrogen and oxygen atoms in total. The predicted molar refractivity (Wildman–Crippen MR) is 132 cm³/mol. The fourth-order valence-electron chi connectivity index (χ4n) is 2.97. The molecule has 3 aromatic carbocycles. The molecular formula is C26H22ClN3O4. The number of methoxy groups -OCH3 is 1. The van der Waals surface area contributed by atoms with Crippen LogP contribution in [0.3, 0.4) is 0 Å². The average molecular weight is 476 g/mol. The fraction of sp³-hybridized carbons (Fsp3) is 0.115. The highest BCUT2D eigenvalue weighted by atomic mass is 35.5. The number of hydrogen-bond donors (Lipinski definition) is 2. The van der Waals surface area contributed by atoms with Gasteiger partial charge in [-0.25, -0.2) is 0 Å². The molecule has 2 N–H and O–H groups in total. The molecule has 8 heteroatoms. The minimum atomic E-state index is -0.556. The molecule has 0 bridgehead atoms. The number of nitriles is 1. The van der Waals surface area contributed by atoms with Crippen molar-refractivity contribution in [2.24, 2.45) is 0 Å². The van der Waals surface area contributed by atoms with E-state index >= 15 is 0 Å². The van der Waals surface area contributed by atoms with E-state index in [2.05, 4.69) is 10.6 Å². The van der Waals surface area contributed by atoms with Gasteiger partial charge in [-0.1, -0.05) is 47.5 Å². The first kappa shape index (κ1) is 24.4. The monoisotopic (exact) mass is 475 g/mol. The number of aryl methyl sites for hydroxylation is 1. The number of anilines is 2. The molecule has 0 heterocycles. The first-order valence-electron chi connectivity index (χ1n) is 10.2. The number of nitrogens with zero attached hydrogens (tertiary/aromatic N) is 1. The number of halogens is 1. The van der Waals surface area contributed by atoms with E-state index in [1.165, 1.54) is 19.3 Å². The Hall–Kier alpha value is -4.28. The summed E-state index contributed by atoms with van der Waals surface area (Å²) < 4.78 is 10.9. The SMILES string of the molecule is COc1cc(/C=C(\C#N)C(=O)Nc2ccc(C)cc2)cc(Cl)c1OCC(=O)Nc1ccccc1. The standard InChI is InChI=1S/C26H22ClN3O4/c1-17-8-10-21(11-9-17)30-26(32)19(15-28)12-18-13-22(27)25(23(14-18)33-2)34-16-24(31)29-20-6-4-3-5-7-20/h3-14H,16H2,1-2H3,(H,29,31)(H,30,32)/b19-12+. The Morgan fingerprint density at radius 3 is 2.35 bits per heavy atom. The lowest BCUT2D eigenvalue weighted by atomic mass is 10.1. The molecule has 0 aromatic heterocycles. The van der Waals surface area contributed by atoms with Crippen LogP contribution in [-0.4, -0.2) is 25.5 Å². The topological polar surface area (TPSA) is 100 Å². The maximum Gasteiger partial charge on any atom is 0.266 e. The number of para-hydroxylation sites is 1. The molecule has 0 saturated carbocycles. The third kappa shape index (κ3) is 6.61. The van der Waals surface area contributed by atoms with Crippen LogP contribution in [0.5, 0.6) is 11.5 Å². The lowest BCUT2D eigenvalue weighted by Crippen LogP contribution is -2.20. The molecule has 0 aliphatic rings. The number of rotatable bonds is 8. The van der Waals surface area contributed by atoms with Gasteiger partial charge in [0.2, 0.25) is 0 Å². The largest absolute Gasteiger partial charge is 0.493 e. The van der Waals surface area contributed by atoms with Gasteiger partial charge in [0.15, 0.2) is 18.1 Å². The highest BCUT2D eigenvalue weighted by Gasteiger charge is 2.15. The van der Waals surface area contributed by atoms with E-state index in [-0.39, 0.29) is 34.6 Å². The Kier molecular flexibility index (Phi) is 8.27. The van der Waals surface area contributed by atoms with Crippen molar-refractivity contribution >= 4 is 40.9 Å². The van der Waals surface area contributed by atoms with Crippen molar-refractivity contribution < 1.29 is 19.1 Å². The van der Waals surface area contributed by atoms with Gasteiger partial charge in [-0.05, 0) is 55.0 Å². The van der Waals surface area contributed by atoms with E-state index in [1.54, 1.807) is 42.5 Å². The summed E-state index contributed by atoms with van der Waals surface area (Å²) in [6.07, 6.45) is 1.39. The fourth-order valence-corrected chi connectivity index (χ4v) is 3.24. The van der Waals surface area contributed by atoms with Crippen molar-refractivity contribution in [1.29, 1.82) is 5.26 Å². The summed E-state index contributed by atoms with van der Waals surface area (Å²) in [5, 5.41) is 15.0. The highest BCUT2D eigenvalue weighted by molar-refractivity contribution is 6.32. The molecule has 3 aromatic rings. The zero-order chi connectivity index (χ0) is 24.5. The second kappa shape index (κ2) is 11.5. The number of hydrogen-bond acceptors (Lipinski definition) is 5. The zero-order valence-electron chi connectivity index (χ0n) is 18.6. The third-order valence-electron chi connectivity index (χ3n) is 4.64. The van der Waals surface area contributed by atoms with Crippen LogP contribution in [0.2, 0.25) is 5.02 Å². The smallest absolute Gasteiger partial charge is 0.266 e. The molecule has 172 valence electrons. The van der Waals surface area contributed by atoms with Crippen LogP contribution in [0.4, 0.5) is 11.4 Å². The van der Waals surface area contributed by atoms with E-state index in [0.29, 0.717) is 16.9 Å². The van der Waals surface area contributed by atoms with Gasteiger partial charge in [0.05, 0.1) is 12.1 Å². The number of carbonyl (C=O) groups excluding carboxylic acids is 2. The van der Waals surface area contributed by atoms with Gasteiger partial charge in [0.1, 0.15) is 11.6 Å². The third-order valence-corrected chi connectivity index (χ3v) is 4.92. The van der Waals surface area contributed by atoms with Crippen molar-refractivity contribution in [1.82, 2.24) is 0 Å². The van der Waals surface area contributed by atoms with E-state index in [9.17, 15) is 14.9 Å². The van der Waals surface area contributed by atoms with Gasteiger partial charge in [-0.15, -0.1) is 0 Å². The van der Waals surface area contributed by atoms with Gasteiger partial charge in [0, 0.05) is 11.4 Å². The Morgan fingerprint density at radius 2 is 1.71 bits per heavy atom. The van der Waals surface area contributed by atoms with Crippen LogP contribution in [0.25, 0.3) is 6.08 Å². The van der Waals surface area contributed by atoms with Crippen molar-refractivity contribution in [3.05, 3.63) is 88.5 Å². The Balaban J connectivity index is 1.73. The van der Waals surface area contributed by atoms with Crippen molar-refractivity contribution in [2.45, 2.75) is 6.92 Å². The summed E-state index contributed by atoms with van der Waals surface area (Å²) in [5.74, 6) is -0.498. The molecule has 0 unspecified atom stereocenters. The molecule has 0 saturated heterocycles. The van der Waals surface area contributed by atoms with Gasteiger partial charge in [-0.3, -0.25) is 9.59 Å². The average Bonchev–Trinajstić information content (AvgIpc) is 2.83. The van der Waals surface area contributed by atoms with E-state index < -0.39 is 5.91 Å². The molecule has 0 radical (unpaired) electrons. The summed E-state index contributed by atoms with van der Waals surface area (Å²) in [6, 6.07) is 21.2. The van der Waals surface area contributed by atoms with E-state index in [0.717, 1.165) is 5.56 Å². The summed E-state index contributed by atoms with van der Waals surface area (Å²) >= 11 is 6.36. The maximum absolute atomic E-state index is 12.5. The number of ether oxygens (including phenoxy) is 2. The second-order valence-corrected chi connectivity index (χ2v) is 7.63. The molecule has 0 aliphatic heterocycles. The molecule has 0 fully saturated rings. The molecular weight excluding hydrogens is 454 g/mol. The van der Waals surface area contributed by atoms with Gasteiger partial charge in [0.25, 0.3) is 11.8 Å². The minimum Gasteiger partial charge on any atom is -0.493 e. The molecule has 0 spiro atoms. The molecule has 3 rings (SSSR count). The van der Waals surface area contributed by atoms with Crippen LogP contribution < -0.4 is 20.1 Å². The first-order valence-corrected chi connectivity index (χ1v) is 10.6. The molecule has 0 atom stereocenters. The normalized spacial score (nSPS) is 10.7. The number of benzene rings is 3. The quantitative estimate of drug-likeness (QED) is 0.343. The molecule has 0 aliphatic carbocycles. The zero-order valence-corrected chi connectivity index (χ0v) is 19.3. The van der Waals surface area contributed by atoms with Crippen molar-refractivity contribution in [3.63, 3.8) is 0 Å². The van der Waals surface area contributed by atoms with Crippen molar-refractivity contribution in [3.8, 4) is 17.6 Å². The highest BCUT2D eigenvalue weighted by Crippen LogP contribution is 2.37. The van der Waals surface area contributed by atoms with Crippen LogP contribution >= 0.6 is 11.6 Å². The number of carbonyl (C=O) groups is 2. The van der Waals surface area contributed by atoms with E-state index in [1.807, 2.05) is 31.2 Å². The Labute approximate surface area is 202 Å². The minimum absolute atomic E-state index is 0.116. The summed E-state index contributed by atoms with van der Waals surface area (Å²) in [4.78, 5) is 24.7. The van der Waals surface area contributed by atoms with Crippen LogP contribution in [0, 0.1) is 18.3 Å². The molecule has 2 amide bonds. The lowest BCUT2D eigenvalue weighted by molar-refractivity contribution is -0.118. The summed E-state index contributed by atoms with van der Waals surface area (Å²) in [6.45, 7) is 1.65. The van der Waals surface area contributed by atoms with E-state index in [4.69, 9.17) is 21.1 Å². The Bertz CT molecular complexity index is 1250. The lowest BCUT2D eigenvalue weighted by Gasteiger charge is -2.13. The number of nitrogens with one attached hydrogen (secondary N) is 2. The van der Waals surface area contributed by atoms with Gasteiger partial charge in [-0.2, -0.15) is 5.26 Å². The van der Waals surface area contributed by atoms with Crippen LogP contribution in [0.1, 0.15) is 11.1 Å². The van der Waals surface area contributed by atoms with Gasteiger partial charge < -0.3 is 20.1 Å². The van der Waals surface area contributed by atoms with Crippen LogP contribution in [-0.2, 0) is 9.59 Å². The van der Waals surface area contributed by atoms with Gasteiger partial charge >= 0.3 is 0 Å². The van der Waals surface area contributed by atoms with Crippen molar-refractivity contribution in [2.75, 3.05) is 24.4 Å². The number of amides is 2.